The Balaban J connectivity index is 1.77. The second-order valence-corrected chi connectivity index (χ2v) is 5.15. The van der Waals surface area contributed by atoms with Gasteiger partial charge in [0.25, 0.3) is 0 Å². The van der Waals surface area contributed by atoms with Gasteiger partial charge in [0.2, 0.25) is 0 Å². The summed E-state index contributed by atoms with van der Waals surface area (Å²) in [5.74, 6) is 0. The van der Waals surface area contributed by atoms with E-state index in [0.717, 1.165) is 19.4 Å². The molecule has 1 saturated carbocycles. The molecule has 0 amide bonds. The van der Waals surface area contributed by atoms with Crippen molar-refractivity contribution in [3.63, 3.8) is 0 Å². The van der Waals surface area contributed by atoms with Crippen molar-refractivity contribution < 1.29 is 4.39 Å². The third-order valence-corrected chi connectivity index (χ3v) is 3.81. The maximum absolute atomic E-state index is 12.0. The number of unbranched alkanes of at least 4 members (excludes halogenated alkanes) is 2. The fourth-order valence-electron chi connectivity index (χ4n) is 2.83. The van der Waals surface area contributed by atoms with Gasteiger partial charge < -0.3 is 5.32 Å². The molecule has 1 aliphatic carbocycles. The molecule has 0 bridgehead atoms. The first-order chi connectivity index (χ1) is 8.92. The van der Waals surface area contributed by atoms with E-state index >= 15 is 0 Å². The lowest BCUT2D eigenvalue weighted by molar-refractivity contribution is 0.246. The largest absolute Gasteiger partial charge is 0.312 e. The summed E-state index contributed by atoms with van der Waals surface area (Å²) < 4.78 is 14.1. The number of nitrogens with one attached hydrogen (secondary N) is 1. The molecule has 1 aliphatic rings. The molecule has 3 nitrogen and oxygen atoms in total. The highest BCUT2D eigenvalue weighted by molar-refractivity contribution is 4.89. The van der Waals surface area contributed by atoms with Crippen LogP contribution in [0.2, 0.25) is 0 Å². The Hall–Kier alpha value is -0.900. The molecule has 0 saturated heterocycles. The third-order valence-electron chi connectivity index (χ3n) is 3.81. The Labute approximate surface area is 109 Å². The van der Waals surface area contributed by atoms with Crippen LogP contribution >= 0.6 is 0 Å². The molecule has 1 fully saturated rings. The van der Waals surface area contributed by atoms with Gasteiger partial charge in [-0.05, 0) is 44.7 Å². The van der Waals surface area contributed by atoms with E-state index in [1.807, 2.05) is 12.3 Å². The molecule has 1 heterocycles. The number of halogens is 1. The average Bonchev–Trinajstić information content (AvgIpc) is 2.93. The monoisotopic (exact) mass is 253 g/mol. The minimum Gasteiger partial charge on any atom is -0.312 e. The Bertz CT molecular complexity index is 313. The molecule has 1 aromatic rings. The molecule has 0 aliphatic heterocycles. The van der Waals surface area contributed by atoms with E-state index in [0.29, 0.717) is 18.5 Å². The molecule has 18 heavy (non-hydrogen) atoms. The smallest absolute Gasteiger partial charge is 0.0894 e. The predicted molar refractivity (Wildman–Crippen MR) is 71.3 cm³/mol. The van der Waals surface area contributed by atoms with Gasteiger partial charge in [-0.25, -0.2) is 0 Å². The minimum atomic E-state index is -0.181. The third kappa shape index (κ3) is 3.80. The summed E-state index contributed by atoms with van der Waals surface area (Å²) in [6.45, 7) is 0.821. The van der Waals surface area contributed by atoms with Crippen LogP contribution in [0.5, 0.6) is 0 Å². The van der Waals surface area contributed by atoms with Crippen molar-refractivity contribution in [2.75, 3.05) is 13.2 Å². The Kier molecular flexibility index (Phi) is 5.65. The maximum Gasteiger partial charge on any atom is 0.0894 e. The van der Waals surface area contributed by atoms with Crippen LogP contribution in [0.1, 0.15) is 51.0 Å². The summed E-state index contributed by atoms with van der Waals surface area (Å²) in [4.78, 5) is 0. The van der Waals surface area contributed by atoms with Crippen molar-refractivity contribution in [1.29, 1.82) is 0 Å². The number of aromatic nitrogens is 2. The Morgan fingerprint density at radius 1 is 1.22 bits per heavy atom. The van der Waals surface area contributed by atoms with Gasteiger partial charge in [0.15, 0.2) is 0 Å². The van der Waals surface area contributed by atoms with Gasteiger partial charge in [0.1, 0.15) is 0 Å². The molecule has 1 aromatic heterocycles. The molecular formula is C14H24FN3. The first-order valence-corrected chi connectivity index (χ1v) is 7.20. The SMILES string of the molecule is FCCCCCN[C@@H]1CCCC[C@H]1n1cccn1. The van der Waals surface area contributed by atoms with E-state index in [2.05, 4.69) is 21.3 Å². The highest BCUT2D eigenvalue weighted by Crippen LogP contribution is 2.27. The lowest BCUT2D eigenvalue weighted by atomic mass is 9.90. The summed E-state index contributed by atoms with van der Waals surface area (Å²) >= 11 is 0. The molecule has 2 rings (SSSR count). The maximum atomic E-state index is 12.0. The van der Waals surface area contributed by atoms with Gasteiger partial charge in [-0.2, -0.15) is 5.10 Å². The van der Waals surface area contributed by atoms with Crippen molar-refractivity contribution >= 4 is 0 Å². The summed E-state index contributed by atoms with van der Waals surface area (Å²) in [5, 5.41) is 8.01. The van der Waals surface area contributed by atoms with Crippen molar-refractivity contribution in [3.8, 4) is 0 Å². The lowest BCUT2D eigenvalue weighted by Crippen LogP contribution is -2.40. The second-order valence-electron chi connectivity index (χ2n) is 5.15. The quantitative estimate of drug-likeness (QED) is 0.757. The van der Waals surface area contributed by atoms with Gasteiger partial charge in [0, 0.05) is 18.4 Å². The van der Waals surface area contributed by atoms with Crippen LogP contribution in [0.15, 0.2) is 18.5 Å². The van der Waals surface area contributed by atoms with Crippen molar-refractivity contribution in [3.05, 3.63) is 18.5 Å². The highest BCUT2D eigenvalue weighted by atomic mass is 19.1. The van der Waals surface area contributed by atoms with Crippen molar-refractivity contribution in [2.45, 2.75) is 57.0 Å². The van der Waals surface area contributed by atoms with Crippen molar-refractivity contribution in [2.24, 2.45) is 0 Å². The van der Waals surface area contributed by atoms with E-state index in [-0.39, 0.29) is 6.67 Å². The number of rotatable bonds is 7. The molecular weight excluding hydrogens is 229 g/mol. The van der Waals surface area contributed by atoms with Crippen LogP contribution in [-0.2, 0) is 0 Å². The standard InChI is InChI=1S/C14H24FN3/c15-9-4-1-5-10-16-13-7-2-3-8-14(13)18-12-6-11-17-18/h6,11-14,16H,1-5,7-10H2/t13-,14-/m1/s1. The van der Waals surface area contributed by atoms with Crippen LogP contribution in [0.3, 0.4) is 0 Å². The summed E-state index contributed by atoms with van der Waals surface area (Å²) in [5.41, 5.74) is 0. The van der Waals surface area contributed by atoms with E-state index in [4.69, 9.17) is 0 Å². The summed E-state index contributed by atoms with van der Waals surface area (Å²) in [6.07, 6.45) is 11.7. The van der Waals surface area contributed by atoms with Gasteiger partial charge in [-0.1, -0.05) is 12.8 Å². The molecule has 1 N–H and O–H groups in total. The summed E-state index contributed by atoms with van der Waals surface area (Å²) in [7, 11) is 0. The topological polar surface area (TPSA) is 29.9 Å². The van der Waals surface area contributed by atoms with E-state index in [1.54, 1.807) is 0 Å². The van der Waals surface area contributed by atoms with Gasteiger partial charge in [-0.3, -0.25) is 9.07 Å². The number of hydrogen-bond donors (Lipinski definition) is 1. The summed E-state index contributed by atoms with van der Waals surface area (Å²) in [6, 6.07) is 3.02. The highest BCUT2D eigenvalue weighted by Gasteiger charge is 2.25. The van der Waals surface area contributed by atoms with Crippen LogP contribution < -0.4 is 5.32 Å². The van der Waals surface area contributed by atoms with Gasteiger partial charge >= 0.3 is 0 Å². The van der Waals surface area contributed by atoms with E-state index in [1.165, 1.54) is 25.7 Å². The van der Waals surface area contributed by atoms with Crippen LogP contribution in [0.25, 0.3) is 0 Å². The molecule has 102 valence electrons. The molecule has 4 heteroatoms. The molecule has 0 unspecified atom stereocenters. The molecule has 0 radical (unpaired) electrons. The van der Waals surface area contributed by atoms with E-state index in [9.17, 15) is 4.39 Å². The molecule has 2 atom stereocenters. The lowest BCUT2D eigenvalue weighted by Gasteiger charge is -2.32. The first kappa shape index (κ1) is 13.5. The van der Waals surface area contributed by atoms with Crippen LogP contribution in [0, 0.1) is 0 Å². The predicted octanol–water partition coefficient (Wildman–Crippen LogP) is 3.10. The fourth-order valence-corrected chi connectivity index (χ4v) is 2.83. The number of hydrogen-bond acceptors (Lipinski definition) is 2. The zero-order chi connectivity index (χ0) is 12.6. The van der Waals surface area contributed by atoms with Gasteiger partial charge in [0.05, 0.1) is 12.7 Å². The van der Waals surface area contributed by atoms with Crippen molar-refractivity contribution in [1.82, 2.24) is 15.1 Å². The number of alkyl halides is 1. The molecule has 0 aromatic carbocycles. The second kappa shape index (κ2) is 7.52. The fraction of sp³-hybridized carbons (Fsp3) is 0.786. The first-order valence-electron chi connectivity index (χ1n) is 7.20. The van der Waals surface area contributed by atoms with Crippen LogP contribution in [0.4, 0.5) is 4.39 Å². The molecule has 0 spiro atoms. The van der Waals surface area contributed by atoms with Gasteiger partial charge in [-0.15, -0.1) is 0 Å². The minimum absolute atomic E-state index is 0.181. The number of nitrogens with zero attached hydrogens (tertiary/aromatic N) is 2. The van der Waals surface area contributed by atoms with E-state index < -0.39 is 0 Å². The Morgan fingerprint density at radius 2 is 2.11 bits per heavy atom. The average molecular weight is 253 g/mol. The normalized spacial score (nSPS) is 24.3. The van der Waals surface area contributed by atoms with Crippen LogP contribution in [-0.4, -0.2) is 29.0 Å². The zero-order valence-electron chi connectivity index (χ0n) is 11.0. The Morgan fingerprint density at radius 3 is 2.89 bits per heavy atom. The zero-order valence-corrected chi connectivity index (χ0v) is 11.0.